The zero-order valence-corrected chi connectivity index (χ0v) is 16.6. The summed E-state index contributed by atoms with van der Waals surface area (Å²) in [7, 11) is -2.15. The topological polar surface area (TPSA) is 111 Å². The van der Waals surface area contributed by atoms with Crippen molar-refractivity contribution in [2.45, 2.75) is 36.2 Å². The molecule has 1 amide bonds. The first-order valence-electron chi connectivity index (χ1n) is 7.63. The van der Waals surface area contributed by atoms with E-state index in [0.29, 0.717) is 17.9 Å². The van der Waals surface area contributed by atoms with Crippen molar-refractivity contribution in [3.63, 3.8) is 0 Å². The maximum absolute atomic E-state index is 12.3. The summed E-state index contributed by atoms with van der Waals surface area (Å²) in [6.07, 6.45) is 4.18. The van der Waals surface area contributed by atoms with E-state index in [1.807, 2.05) is 6.26 Å². The number of methoxy groups -OCH3 is 1. The molecule has 10 heteroatoms. The van der Waals surface area contributed by atoms with Gasteiger partial charge in [-0.15, -0.1) is 12.4 Å². The smallest absolute Gasteiger partial charge is 0.241 e. The molecule has 1 aliphatic carbocycles. The molecule has 4 N–H and O–H groups in total. The second-order valence-corrected chi connectivity index (χ2v) is 8.33. The van der Waals surface area contributed by atoms with Crippen LogP contribution >= 0.6 is 24.2 Å². The quantitative estimate of drug-likeness (QED) is 0.571. The summed E-state index contributed by atoms with van der Waals surface area (Å²) >= 11 is 1.61. The Balaban J connectivity index is 0.00000312. The van der Waals surface area contributed by atoms with Crippen LogP contribution in [0.2, 0.25) is 0 Å². The maximum Gasteiger partial charge on any atom is 0.241 e. The van der Waals surface area contributed by atoms with Gasteiger partial charge >= 0.3 is 0 Å². The van der Waals surface area contributed by atoms with Crippen molar-refractivity contribution in [3.8, 4) is 5.75 Å². The minimum Gasteiger partial charge on any atom is -0.495 e. The Bertz CT molecular complexity index is 696. The summed E-state index contributed by atoms with van der Waals surface area (Å²) in [6.45, 7) is 0. The molecular weight excluding hydrogens is 386 g/mol. The van der Waals surface area contributed by atoms with Gasteiger partial charge in [-0.25, -0.2) is 13.1 Å². The standard InChI is InChI=1S/C15H23N3O4S2.ClH/c1-22-14-6-5-11(24(20,21)18-10-3-4-10)9-13(14)17-15(19)12(16)7-8-23-2;/h5-6,9-10,12,18H,3-4,7-8,16H2,1-2H3,(H,17,19);1H/t12-;/m0./s1. The lowest BCUT2D eigenvalue weighted by atomic mass is 10.2. The number of ether oxygens (including phenoxy) is 1. The third kappa shape index (κ3) is 6.34. The predicted molar refractivity (Wildman–Crippen MR) is 103 cm³/mol. The predicted octanol–water partition coefficient (Wildman–Crippen LogP) is 1.58. The average Bonchev–Trinajstić information content (AvgIpc) is 3.35. The number of sulfonamides is 1. The van der Waals surface area contributed by atoms with Crippen LogP contribution in [0.5, 0.6) is 5.75 Å². The van der Waals surface area contributed by atoms with Gasteiger partial charge in [-0.3, -0.25) is 4.79 Å². The van der Waals surface area contributed by atoms with E-state index in [9.17, 15) is 13.2 Å². The lowest BCUT2D eigenvalue weighted by Gasteiger charge is -2.15. The first-order chi connectivity index (χ1) is 11.4. The van der Waals surface area contributed by atoms with Gasteiger partial charge in [-0.05, 0) is 49.5 Å². The Labute approximate surface area is 158 Å². The number of benzene rings is 1. The zero-order chi connectivity index (χ0) is 17.7. The molecule has 1 fully saturated rings. The highest BCUT2D eigenvalue weighted by Crippen LogP contribution is 2.29. The number of carbonyl (C=O) groups is 1. The number of anilines is 1. The number of halogens is 1. The minimum absolute atomic E-state index is 0. The SMILES string of the molecule is COc1ccc(S(=O)(=O)NC2CC2)cc1NC(=O)[C@@H](N)CCSC.Cl. The van der Waals surface area contributed by atoms with Crippen LogP contribution in [-0.4, -0.2) is 45.5 Å². The number of nitrogens with one attached hydrogen (secondary N) is 2. The molecule has 0 spiro atoms. The van der Waals surface area contributed by atoms with Gasteiger partial charge < -0.3 is 15.8 Å². The third-order valence-electron chi connectivity index (χ3n) is 3.61. The van der Waals surface area contributed by atoms with Crippen molar-refractivity contribution in [2.75, 3.05) is 24.4 Å². The molecule has 0 aliphatic heterocycles. The molecule has 1 aliphatic rings. The summed E-state index contributed by atoms with van der Waals surface area (Å²) < 4.78 is 32.4. The van der Waals surface area contributed by atoms with Crippen LogP contribution in [0.25, 0.3) is 0 Å². The molecule has 7 nitrogen and oxygen atoms in total. The molecule has 0 saturated heterocycles. The maximum atomic E-state index is 12.3. The molecule has 2 rings (SSSR count). The Kier molecular flexibility index (Phi) is 8.49. The lowest BCUT2D eigenvalue weighted by molar-refractivity contribution is -0.117. The van der Waals surface area contributed by atoms with E-state index in [4.69, 9.17) is 10.5 Å². The van der Waals surface area contributed by atoms with Crippen molar-refractivity contribution in [1.29, 1.82) is 0 Å². The Hall–Kier alpha value is -1.00. The van der Waals surface area contributed by atoms with Crippen LogP contribution in [0, 0.1) is 0 Å². The third-order valence-corrected chi connectivity index (χ3v) is 5.77. The summed E-state index contributed by atoms with van der Waals surface area (Å²) in [5.41, 5.74) is 6.14. The average molecular weight is 410 g/mol. The van der Waals surface area contributed by atoms with Gasteiger partial charge in [0.05, 0.1) is 23.7 Å². The number of nitrogens with two attached hydrogens (primary N) is 1. The summed E-state index contributed by atoms with van der Waals surface area (Å²) in [5, 5.41) is 2.66. The highest BCUT2D eigenvalue weighted by atomic mass is 35.5. The van der Waals surface area contributed by atoms with Crippen molar-refractivity contribution in [3.05, 3.63) is 18.2 Å². The van der Waals surface area contributed by atoms with Gasteiger partial charge in [0.1, 0.15) is 5.75 Å². The molecule has 0 unspecified atom stereocenters. The van der Waals surface area contributed by atoms with Crippen LogP contribution in [0.1, 0.15) is 19.3 Å². The Morgan fingerprint density at radius 3 is 2.68 bits per heavy atom. The molecule has 0 bridgehead atoms. The van der Waals surface area contributed by atoms with Gasteiger partial charge in [-0.1, -0.05) is 0 Å². The number of hydrogen-bond donors (Lipinski definition) is 3. The number of carbonyl (C=O) groups excluding carboxylic acids is 1. The van der Waals surface area contributed by atoms with E-state index in [1.165, 1.54) is 25.3 Å². The van der Waals surface area contributed by atoms with Crippen LogP contribution in [0.3, 0.4) is 0 Å². The van der Waals surface area contributed by atoms with Crippen molar-refractivity contribution < 1.29 is 17.9 Å². The first-order valence-corrected chi connectivity index (χ1v) is 10.5. The number of amides is 1. The summed E-state index contributed by atoms with van der Waals surface area (Å²) in [4.78, 5) is 12.3. The van der Waals surface area contributed by atoms with E-state index in [-0.39, 0.29) is 29.3 Å². The molecule has 0 radical (unpaired) electrons. The molecule has 25 heavy (non-hydrogen) atoms. The fourth-order valence-electron chi connectivity index (χ4n) is 2.04. The molecule has 0 aromatic heterocycles. The molecule has 1 aromatic carbocycles. The van der Waals surface area contributed by atoms with Gasteiger partial charge in [0.15, 0.2) is 0 Å². The number of rotatable bonds is 9. The van der Waals surface area contributed by atoms with Crippen molar-refractivity contribution >= 4 is 45.8 Å². The Morgan fingerprint density at radius 2 is 2.12 bits per heavy atom. The van der Waals surface area contributed by atoms with Gasteiger partial charge in [0.25, 0.3) is 0 Å². The molecule has 1 aromatic rings. The van der Waals surface area contributed by atoms with E-state index < -0.39 is 16.1 Å². The van der Waals surface area contributed by atoms with Crippen molar-refractivity contribution in [1.82, 2.24) is 4.72 Å². The van der Waals surface area contributed by atoms with Gasteiger partial charge in [-0.2, -0.15) is 11.8 Å². The van der Waals surface area contributed by atoms with E-state index in [1.54, 1.807) is 11.8 Å². The van der Waals surface area contributed by atoms with Crippen LogP contribution in [-0.2, 0) is 14.8 Å². The summed E-state index contributed by atoms with van der Waals surface area (Å²) in [5.74, 6) is 0.781. The second kappa shape index (κ2) is 9.63. The first kappa shape index (κ1) is 22.0. The zero-order valence-electron chi connectivity index (χ0n) is 14.2. The molecule has 1 saturated carbocycles. The molecular formula is C15H24ClN3O4S2. The van der Waals surface area contributed by atoms with Crippen LogP contribution in [0.4, 0.5) is 5.69 Å². The fourth-order valence-corrected chi connectivity index (χ4v) is 3.86. The van der Waals surface area contributed by atoms with E-state index in [2.05, 4.69) is 10.0 Å². The Morgan fingerprint density at radius 1 is 1.44 bits per heavy atom. The van der Waals surface area contributed by atoms with Gasteiger partial charge in [0.2, 0.25) is 15.9 Å². The van der Waals surface area contributed by atoms with Crippen LogP contribution in [0.15, 0.2) is 23.1 Å². The molecule has 1 atom stereocenters. The molecule has 142 valence electrons. The second-order valence-electron chi connectivity index (χ2n) is 5.63. The molecule has 0 heterocycles. The highest BCUT2D eigenvalue weighted by molar-refractivity contribution is 7.98. The van der Waals surface area contributed by atoms with E-state index >= 15 is 0 Å². The summed E-state index contributed by atoms with van der Waals surface area (Å²) in [6, 6.07) is 3.71. The minimum atomic E-state index is -3.61. The van der Waals surface area contributed by atoms with Crippen molar-refractivity contribution in [2.24, 2.45) is 5.73 Å². The number of hydrogen-bond acceptors (Lipinski definition) is 6. The monoisotopic (exact) mass is 409 g/mol. The van der Waals surface area contributed by atoms with E-state index in [0.717, 1.165) is 18.6 Å². The highest BCUT2D eigenvalue weighted by Gasteiger charge is 2.28. The largest absolute Gasteiger partial charge is 0.495 e. The fraction of sp³-hybridized carbons (Fsp3) is 0.533. The van der Waals surface area contributed by atoms with Gasteiger partial charge in [0, 0.05) is 6.04 Å². The van der Waals surface area contributed by atoms with Crippen LogP contribution < -0.4 is 20.5 Å². The normalized spacial score (nSPS) is 15.2. The number of thioether (sulfide) groups is 1. The lowest BCUT2D eigenvalue weighted by Crippen LogP contribution is -2.36.